The predicted molar refractivity (Wildman–Crippen MR) is 96.4 cm³/mol. The monoisotopic (exact) mass is 332 g/mol. The van der Waals surface area contributed by atoms with Crippen LogP contribution in [-0.4, -0.2) is 44.7 Å². The third-order valence-electron chi connectivity index (χ3n) is 3.82. The third kappa shape index (κ3) is 5.15. The fourth-order valence-electron chi connectivity index (χ4n) is 2.42. The van der Waals surface area contributed by atoms with Crippen LogP contribution in [-0.2, 0) is 11.2 Å². The van der Waals surface area contributed by atoms with Gasteiger partial charge in [0.1, 0.15) is 11.9 Å². The Bertz CT molecular complexity index is 568. The van der Waals surface area contributed by atoms with E-state index < -0.39 is 0 Å². The molecule has 1 aliphatic rings. The van der Waals surface area contributed by atoms with Crippen LogP contribution in [0.25, 0.3) is 0 Å². The molecular formula is C18H28N4O2. The van der Waals surface area contributed by atoms with Gasteiger partial charge in [0, 0.05) is 32.0 Å². The van der Waals surface area contributed by atoms with Gasteiger partial charge in [-0.2, -0.15) is 0 Å². The van der Waals surface area contributed by atoms with Crippen LogP contribution in [0.5, 0.6) is 5.75 Å². The van der Waals surface area contributed by atoms with Crippen molar-refractivity contribution in [3.63, 3.8) is 0 Å². The number of para-hydroxylation sites is 1. The Labute approximate surface area is 144 Å². The van der Waals surface area contributed by atoms with Gasteiger partial charge in [0.2, 0.25) is 5.91 Å². The molecule has 1 aromatic carbocycles. The first-order valence-corrected chi connectivity index (χ1v) is 8.37. The first-order chi connectivity index (χ1) is 11.4. The number of rotatable bonds is 5. The number of guanidine groups is 1. The largest absolute Gasteiger partial charge is 0.488 e. The zero-order chi connectivity index (χ0) is 17.6. The molecule has 1 unspecified atom stereocenters. The molecule has 24 heavy (non-hydrogen) atoms. The summed E-state index contributed by atoms with van der Waals surface area (Å²) in [5.41, 5.74) is 0.881. The number of nitrogens with zero attached hydrogens (tertiary/aromatic N) is 1. The van der Waals surface area contributed by atoms with Crippen LogP contribution in [0, 0.1) is 5.41 Å². The molecule has 3 N–H and O–H groups in total. The molecule has 0 saturated carbocycles. The summed E-state index contributed by atoms with van der Waals surface area (Å²) in [5.74, 6) is 1.72. The van der Waals surface area contributed by atoms with E-state index in [1.165, 1.54) is 5.56 Å². The highest BCUT2D eigenvalue weighted by Crippen LogP contribution is 2.27. The van der Waals surface area contributed by atoms with Crippen molar-refractivity contribution in [2.75, 3.05) is 26.7 Å². The maximum absolute atomic E-state index is 11.8. The van der Waals surface area contributed by atoms with Gasteiger partial charge in [-0.1, -0.05) is 39.0 Å². The van der Waals surface area contributed by atoms with Crippen LogP contribution in [0.3, 0.4) is 0 Å². The lowest BCUT2D eigenvalue weighted by molar-refractivity contribution is -0.128. The van der Waals surface area contributed by atoms with Gasteiger partial charge in [-0.05, 0) is 11.6 Å². The topological polar surface area (TPSA) is 74.8 Å². The first-order valence-electron chi connectivity index (χ1n) is 8.37. The van der Waals surface area contributed by atoms with Crippen LogP contribution >= 0.6 is 0 Å². The maximum atomic E-state index is 11.8. The molecule has 1 aromatic rings. The Balaban J connectivity index is 1.66. The highest BCUT2D eigenvalue weighted by molar-refractivity contribution is 5.81. The number of fused-ring (bicyclic) bond motifs is 1. The van der Waals surface area contributed by atoms with E-state index in [9.17, 15) is 4.79 Å². The number of carbonyl (C=O) groups excluding carboxylic acids is 1. The molecule has 0 radical (unpaired) electrons. The molecule has 132 valence electrons. The lowest BCUT2D eigenvalue weighted by atomic mass is 9.96. The van der Waals surface area contributed by atoms with Gasteiger partial charge in [0.25, 0.3) is 0 Å². The summed E-state index contributed by atoms with van der Waals surface area (Å²) in [5, 5.41) is 9.36. The SMILES string of the molecule is CN=C(NCCNC(=O)C(C)(C)C)NCC1Cc2ccccc2O1. The van der Waals surface area contributed by atoms with E-state index in [-0.39, 0.29) is 17.4 Å². The quantitative estimate of drug-likeness (QED) is 0.432. The number of carbonyl (C=O) groups is 1. The van der Waals surface area contributed by atoms with Gasteiger partial charge in [-0.25, -0.2) is 0 Å². The molecule has 6 heteroatoms. The Hall–Kier alpha value is -2.24. The van der Waals surface area contributed by atoms with E-state index >= 15 is 0 Å². The van der Waals surface area contributed by atoms with Crippen molar-refractivity contribution in [3.8, 4) is 5.75 Å². The van der Waals surface area contributed by atoms with Crippen LogP contribution < -0.4 is 20.7 Å². The summed E-state index contributed by atoms with van der Waals surface area (Å²) in [6.07, 6.45) is 1.02. The molecule has 1 amide bonds. The van der Waals surface area contributed by atoms with Crippen LogP contribution in [0.1, 0.15) is 26.3 Å². The van der Waals surface area contributed by atoms with Crippen molar-refractivity contribution < 1.29 is 9.53 Å². The summed E-state index contributed by atoms with van der Waals surface area (Å²) in [6, 6.07) is 8.12. The zero-order valence-corrected chi connectivity index (χ0v) is 15.0. The molecule has 2 rings (SSSR count). The molecule has 0 aliphatic carbocycles. The number of benzene rings is 1. The molecule has 0 fully saturated rings. The fraction of sp³-hybridized carbons (Fsp3) is 0.556. The first kappa shape index (κ1) is 18.1. The van der Waals surface area contributed by atoms with Crippen molar-refractivity contribution in [3.05, 3.63) is 29.8 Å². The summed E-state index contributed by atoms with van der Waals surface area (Å²) in [6.45, 7) is 7.56. The summed E-state index contributed by atoms with van der Waals surface area (Å²) >= 11 is 0. The van der Waals surface area contributed by atoms with Crippen LogP contribution in [0.15, 0.2) is 29.3 Å². The third-order valence-corrected chi connectivity index (χ3v) is 3.82. The van der Waals surface area contributed by atoms with E-state index in [4.69, 9.17) is 4.74 Å². The average molecular weight is 332 g/mol. The molecule has 1 heterocycles. The minimum absolute atomic E-state index is 0.0457. The minimum Gasteiger partial charge on any atom is -0.488 e. The molecule has 0 saturated heterocycles. The molecule has 1 aliphatic heterocycles. The van der Waals surface area contributed by atoms with Gasteiger partial charge in [-0.3, -0.25) is 9.79 Å². The molecular weight excluding hydrogens is 304 g/mol. The summed E-state index contributed by atoms with van der Waals surface area (Å²) < 4.78 is 5.89. The van der Waals surface area contributed by atoms with E-state index in [1.807, 2.05) is 39.0 Å². The fourth-order valence-corrected chi connectivity index (χ4v) is 2.42. The second-order valence-electron chi connectivity index (χ2n) is 6.94. The number of nitrogens with one attached hydrogen (secondary N) is 3. The van der Waals surface area contributed by atoms with Crippen LogP contribution in [0.2, 0.25) is 0 Å². The van der Waals surface area contributed by atoms with E-state index in [0.717, 1.165) is 12.2 Å². The smallest absolute Gasteiger partial charge is 0.225 e. The summed E-state index contributed by atoms with van der Waals surface area (Å²) in [7, 11) is 1.73. The number of ether oxygens (including phenoxy) is 1. The highest BCUT2D eigenvalue weighted by atomic mass is 16.5. The highest BCUT2D eigenvalue weighted by Gasteiger charge is 2.22. The summed E-state index contributed by atoms with van der Waals surface area (Å²) in [4.78, 5) is 16.0. The number of hydrogen-bond donors (Lipinski definition) is 3. The molecule has 0 bridgehead atoms. The van der Waals surface area contributed by atoms with Crippen molar-refractivity contribution in [2.24, 2.45) is 10.4 Å². The van der Waals surface area contributed by atoms with Gasteiger partial charge in [-0.15, -0.1) is 0 Å². The predicted octanol–water partition coefficient (Wildman–Crippen LogP) is 1.32. The minimum atomic E-state index is -0.366. The molecule has 0 aromatic heterocycles. The van der Waals surface area contributed by atoms with Gasteiger partial charge in [0.15, 0.2) is 5.96 Å². The van der Waals surface area contributed by atoms with E-state index in [1.54, 1.807) is 7.05 Å². The van der Waals surface area contributed by atoms with Crippen LogP contribution in [0.4, 0.5) is 0 Å². The zero-order valence-electron chi connectivity index (χ0n) is 15.0. The second kappa shape index (κ2) is 8.04. The average Bonchev–Trinajstić information content (AvgIpc) is 2.95. The van der Waals surface area contributed by atoms with Crippen molar-refractivity contribution in [1.29, 1.82) is 0 Å². The Morgan fingerprint density at radius 2 is 1.92 bits per heavy atom. The lowest BCUT2D eigenvalue weighted by Gasteiger charge is -2.19. The lowest BCUT2D eigenvalue weighted by Crippen LogP contribution is -2.45. The van der Waals surface area contributed by atoms with Crippen molar-refractivity contribution in [2.45, 2.75) is 33.3 Å². The molecule has 0 spiro atoms. The maximum Gasteiger partial charge on any atom is 0.225 e. The normalized spacial score (nSPS) is 17.0. The van der Waals surface area contributed by atoms with Crippen molar-refractivity contribution in [1.82, 2.24) is 16.0 Å². The van der Waals surface area contributed by atoms with Gasteiger partial charge < -0.3 is 20.7 Å². The number of amides is 1. The Morgan fingerprint density at radius 1 is 1.21 bits per heavy atom. The van der Waals surface area contributed by atoms with Crippen molar-refractivity contribution >= 4 is 11.9 Å². The standard InChI is InChI=1S/C18H28N4O2/c1-18(2,3)16(23)20-9-10-21-17(19-4)22-12-14-11-13-7-5-6-8-15(13)24-14/h5-8,14H,9-12H2,1-4H3,(H,20,23)(H2,19,21,22). The Morgan fingerprint density at radius 3 is 2.58 bits per heavy atom. The Kier molecular flexibility index (Phi) is 6.06. The number of aliphatic imine (C=N–C) groups is 1. The van der Waals surface area contributed by atoms with E-state index in [2.05, 4.69) is 27.0 Å². The second-order valence-corrected chi connectivity index (χ2v) is 6.94. The number of hydrogen-bond acceptors (Lipinski definition) is 3. The van der Waals surface area contributed by atoms with Gasteiger partial charge in [0.05, 0.1) is 6.54 Å². The molecule has 1 atom stereocenters. The van der Waals surface area contributed by atoms with Gasteiger partial charge >= 0.3 is 0 Å². The van der Waals surface area contributed by atoms with E-state index in [0.29, 0.717) is 25.6 Å². The molecule has 6 nitrogen and oxygen atoms in total.